The summed E-state index contributed by atoms with van der Waals surface area (Å²) in [6, 6.07) is 1.63. The average Bonchev–Trinajstić information content (AvgIpc) is 2.93. The molecule has 3 aromatic rings. The Morgan fingerprint density at radius 1 is 1.35 bits per heavy atom. The third-order valence-electron chi connectivity index (χ3n) is 2.75. The van der Waals surface area contributed by atoms with E-state index in [-0.39, 0.29) is 5.15 Å². The zero-order chi connectivity index (χ0) is 14.4. The zero-order valence-corrected chi connectivity index (χ0v) is 12.4. The van der Waals surface area contributed by atoms with Crippen LogP contribution in [-0.2, 0) is 0 Å². The van der Waals surface area contributed by atoms with Gasteiger partial charge in [-0.3, -0.25) is 4.57 Å². The lowest BCUT2D eigenvalue weighted by atomic mass is 10.4. The van der Waals surface area contributed by atoms with Gasteiger partial charge in [0.15, 0.2) is 5.65 Å². The highest BCUT2D eigenvalue weighted by atomic mass is 79.9. The van der Waals surface area contributed by atoms with Crippen LogP contribution in [0.5, 0.6) is 0 Å². The molecule has 0 unspecified atom stereocenters. The highest BCUT2D eigenvalue weighted by Crippen LogP contribution is 2.28. The van der Waals surface area contributed by atoms with Crippen LogP contribution in [0.1, 0.15) is 12.4 Å². The highest BCUT2D eigenvalue weighted by Gasteiger charge is 2.16. The number of nitrogens with zero attached hydrogens (tertiary/aromatic N) is 5. The molecule has 0 saturated heterocycles. The van der Waals surface area contributed by atoms with Crippen LogP contribution in [0.2, 0.25) is 5.15 Å². The molecule has 0 amide bonds. The first-order valence-electron chi connectivity index (χ1n) is 5.51. The Kier molecular flexibility index (Phi) is 3.21. The van der Waals surface area contributed by atoms with Crippen LogP contribution in [0.3, 0.4) is 0 Å². The highest BCUT2D eigenvalue weighted by molar-refractivity contribution is 9.10. The van der Waals surface area contributed by atoms with Gasteiger partial charge in [-0.1, -0.05) is 11.6 Å². The van der Waals surface area contributed by atoms with E-state index in [1.54, 1.807) is 17.6 Å². The van der Waals surface area contributed by atoms with Gasteiger partial charge in [-0.05, 0) is 28.9 Å². The summed E-state index contributed by atoms with van der Waals surface area (Å²) in [5.74, 6) is 0.601. The monoisotopic (exact) mass is 361 g/mol. The Morgan fingerprint density at radius 2 is 2.10 bits per heavy atom. The third-order valence-corrected chi connectivity index (χ3v) is 3.55. The van der Waals surface area contributed by atoms with E-state index in [4.69, 9.17) is 11.6 Å². The normalized spacial score (nSPS) is 11.7. The molecule has 0 N–H and O–H groups in total. The number of aryl methyl sites for hydroxylation is 1. The van der Waals surface area contributed by atoms with Crippen molar-refractivity contribution in [1.29, 1.82) is 0 Å². The van der Waals surface area contributed by atoms with Crippen molar-refractivity contribution in [3.8, 4) is 5.69 Å². The van der Waals surface area contributed by atoms with Gasteiger partial charge in [0.2, 0.25) is 0 Å². The summed E-state index contributed by atoms with van der Waals surface area (Å²) in [6.45, 7) is -0.941. The minimum absolute atomic E-state index is 0.284. The van der Waals surface area contributed by atoms with E-state index in [1.165, 1.54) is 12.4 Å². The van der Waals surface area contributed by atoms with Crippen LogP contribution in [0.15, 0.2) is 22.9 Å². The number of hydrogen-bond donors (Lipinski definition) is 0. The van der Waals surface area contributed by atoms with Crippen LogP contribution >= 0.6 is 27.5 Å². The largest absolute Gasteiger partial charge is 0.333 e. The standard InChI is InChI=1S/C11H7BrClF2N5/c1-5-17-9-7(12)2-8(13)18-10(9)20(5)6-3-16-19(4-6)11(14)15/h2-4,11H,1H3. The minimum atomic E-state index is -2.69. The smallest absolute Gasteiger partial charge is 0.278 e. The van der Waals surface area contributed by atoms with Gasteiger partial charge in [0, 0.05) is 0 Å². The second-order valence-electron chi connectivity index (χ2n) is 4.05. The molecule has 20 heavy (non-hydrogen) atoms. The molecule has 0 atom stereocenters. The topological polar surface area (TPSA) is 48.5 Å². The van der Waals surface area contributed by atoms with Gasteiger partial charge in [-0.2, -0.15) is 13.9 Å². The Labute approximate surface area is 125 Å². The van der Waals surface area contributed by atoms with E-state index in [0.29, 0.717) is 31.8 Å². The van der Waals surface area contributed by atoms with Gasteiger partial charge in [-0.15, -0.1) is 0 Å². The first kappa shape index (κ1) is 13.4. The first-order valence-corrected chi connectivity index (χ1v) is 6.68. The third kappa shape index (κ3) is 2.08. The lowest BCUT2D eigenvalue weighted by molar-refractivity contribution is 0.0566. The van der Waals surface area contributed by atoms with Gasteiger partial charge in [0.05, 0.1) is 22.6 Å². The zero-order valence-electron chi connectivity index (χ0n) is 10.1. The van der Waals surface area contributed by atoms with Crippen molar-refractivity contribution >= 4 is 38.7 Å². The molecule has 0 aromatic carbocycles. The molecule has 0 aliphatic rings. The van der Waals surface area contributed by atoms with Gasteiger partial charge in [0.1, 0.15) is 16.5 Å². The van der Waals surface area contributed by atoms with E-state index in [1.807, 2.05) is 0 Å². The first-order chi connectivity index (χ1) is 9.47. The molecular formula is C11H7BrClF2N5. The van der Waals surface area contributed by atoms with Crippen LogP contribution in [0.4, 0.5) is 8.78 Å². The van der Waals surface area contributed by atoms with Crippen molar-refractivity contribution in [2.24, 2.45) is 0 Å². The molecule has 0 saturated carbocycles. The lowest BCUT2D eigenvalue weighted by Gasteiger charge is -2.03. The van der Waals surface area contributed by atoms with E-state index < -0.39 is 6.55 Å². The molecule has 0 fully saturated rings. The van der Waals surface area contributed by atoms with Crippen LogP contribution in [-0.4, -0.2) is 24.3 Å². The maximum atomic E-state index is 12.6. The fraction of sp³-hybridized carbons (Fsp3) is 0.182. The number of pyridine rings is 1. The molecule has 0 aliphatic heterocycles. The van der Waals surface area contributed by atoms with Crippen molar-refractivity contribution in [3.05, 3.63) is 33.9 Å². The van der Waals surface area contributed by atoms with Crippen LogP contribution < -0.4 is 0 Å². The van der Waals surface area contributed by atoms with Crippen molar-refractivity contribution in [2.75, 3.05) is 0 Å². The summed E-state index contributed by atoms with van der Waals surface area (Å²) in [6.07, 6.45) is 2.56. The fourth-order valence-corrected chi connectivity index (χ4v) is 2.75. The Bertz CT molecular complexity index is 798. The Balaban J connectivity index is 2.27. The van der Waals surface area contributed by atoms with Gasteiger partial charge >= 0.3 is 6.55 Å². The number of fused-ring (bicyclic) bond motifs is 1. The van der Waals surface area contributed by atoms with Gasteiger partial charge < -0.3 is 0 Å². The summed E-state index contributed by atoms with van der Waals surface area (Å²) < 4.78 is 28.1. The Morgan fingerprint density at radius 3 is 2.75 bits per heavy atom. The van der Waals surface area contributed by atoms with E-state index in [2.05, 4.69) is 31.0 Å². The molecule has 0 aliphatic carbocycles. The average molecular weight is 363 g/mol. The summed E-state index contributed by atoms with van der Waals surface area (Å²) in [5, 5.41) is 3.89. The van der Waals surface area contributed by atoms with Crippen molar-refractivity contribution in [1.82, 2.24) is 24.3 Å². The number of imidazole rings is 1. The van der Waals surface area contributed by atoms with Crippen molar-refractivity contribution in [2.45, 2.75) is 13.5 Å². The number of halogens is 4. The molecule has 3 rings (SSSR count). The molecule has 0 bridgehead atoms. The molecule has 0 radical (unpaired) electrons. The van der Waals surface area contributed by atoms with Crippen molar-refractivity contribution < 1.29 is 8.78 Å². The molecule has 0 spiro atoms. The van der Waals surface area contributed by atoms with E-state index in [9.17, 15) is 8.78 Å². The molecule has 3 heterocycles. The second kappa shape index (κ2) is 4.78. The van der Waals surface area contributed by atoms with Gasteiger partial charge in [0.25, 0.3) is 0 Å². The molecule has 104 valence electrons. The molecule has 9 heteroatoms. The quantitative estimate of drug-likeness (QED) is 0.653. The van der Waals surface area contributed by atoms with Crippen molar-refractivity contribution in [3.63, 3.8) is 0 Å². The lowest BCUT2D eigenvalue weighted by Crippen LogP contribution is -1.99. The van der Waals surface area contributed by atoms with Gasteiger partial charge in [-0.25, -0.2) is 14.6 Å². The summed E-state index contributed by atoms with van der Waals surface area (Å²) in [4.78, 5) is 8.55. The van der Waals surface area contributed by atoms with Crippen LogP contribution in [0, 0.1) is 6.92 Å². The number of rotatable bonds is 2. The molecular weight excluding hydrogens is 356 g/mol. The maximum Gasteiger partial charge on any atom is 0.333 e. The maximum absolute atomic E-state index is 12.6. The fourth-order valence-electron chi connectivity index (χ4n) is 1.95. The predicted molar refractivity (Wildman–Crippen MR) is 73.3 cm³/mol. The molecule has 5 nitrogen and oxygen atoms in total. The number of alkyl halides is 2. The predicted octanol–water partition coefficient (Wildman–Crippen LogP) is 3.74. The SMILES string of the molecule is Cc1nc2c(Br)cc(Cl)nc2n1-c1cnn(C(F)F)c1. The van der Waals surface area contributed by atoms with E-state index >= 15 is 0 Å². The second-order valence-corrected chi connectivity index (χ2v) is 5.29. The summed E-state index contributed by atoms with van der Waals surface area (Å²) in [5.41, 5.74) is 1.54. The van der Waals surface area contributed by atoms with E-state index in [0.717, 1.165) is 0 Å². The summed E-state index contributed by atoms with van der Waals surface area (Å²) in [7, 11) is 0. The number of hydrogen-bond acceptors (Lipinski definition) is 3. The number of aromatic nitrogens is 5. The Hall–Kier alpha value is -1.54. The minimum Gasteiger partial charge on any atom is -0.278 e. The summed E-state index contributed by atoms with van der Waals surface area (Å²) >= 11 is 9.28. The molecule has 3 aromatic heterocycles. The van der Waals surface area contributed by atoms with Crippen LogP contribution in [0.25, 0.3) is 16.9 Å².